The number of carbonyl (C=O) groups is 3. The van der Waals surface area contributed by atoms with Crippen molar-refractivity contribution >= 4 is 17.7 Å². The molecule has 1 aliphatic carbocycles. The molecule has 5 atom stereocenters. The summed E-state index contributed by atoms with van der Waals surface area (Å²) in [6.45, 7) is 2.41. The number of carbonyl (C=O) groups excluding carboxylic acids is 3. The summed E-state index contributed by atoms with van der Waals surface area (Å²) in [6, 6.07) is 3.74. The Kier molecular flexibility index (Phi) is 4.27. The summed E-state index contributed by atoms with van der Waals surface area (Å²) in [4.78, 5) is 38.6. The first-order chi connectivity index (χ1) is 13.9. The molecule has 3 aliphatic heterocycles. The topological polar surface area (TPSA) is 91.4 Å². The quantitative estimate of drug-likeness (QED) is 0.558. The molecule has 0 amide bonds. The third-order valence-corrected chi connectivity index (χ3v) is 6.51. The van der Waals surface area contributed by atoms with Gasteiger partial charge in [0.15, 0.2) is 11.5 Å². The van der Waals surface area contributed by atoms with E-state index in [0.29, 0.717) is 29.4 Å². The van der Waals surface area contributed by atoms with Crippen LogP contribution >= 0.6 is 0 Å². The number of hydrogen-bond donors (Lipinski definition) is 0. The van der Waals surface area contributed by atoms with Crippen molar-refractivity contribution < 1.29 is 33.3 Å². The molecule has 3 heterocycles. The molecule has 1 saturated carbocycles. The molecule has 154 valence electrons. The number of nitrogens with zero attached hydrogens (tertiary/aromatic N) is 1. The van der Waals surface area contributed by atoms with E-state index < -0.39 is 24.1 Å². The van der Waals surface area contributed by atoms with Crippen LogP contribution < -0.4 is 9.47 Å². The van der Waals surface area contributed by atoms with Gasteiger partial charge in [0.1, 0.15) is 24.4 Å². The number of benzene rings is 1. The van der Waals surface area contributed by atoms with Gasteiger partial charge in [-0.2, -0.15) is 0 Å². The number of esters is 2. The molecule has 1 saturated heterocycles. The van der Waals surface area contributed by atoms with E-state index in [-0.39, 0.29) is 31.0 Å². The summed E-state index contributed by atoms with van der Waals surface area (Å²) < 4.78 is 22.5. The third kappa shape index (κ3) is 2.97. The predicted octanol–water partition coefficient (Wildman–Crippen LogP) is 1.65. The molecule has 2 fully saturated rings. The van der Waals surface area contributed by atoms with Gasteiger partial charge in [-0.3, -0.25) is 9.59 Å². The van der Waals surface area contributed by atoms with E-state index in [1.165, 1.54) is 6.92 Å². The van der Waals surface area contributed by atoms with Crippen molar-refractivity contribution in [2.45, 2.75) is 50.4 Å². The summed E-state index contributed by atoms with van der Waals surface area (Å²) in [7, 11) is 2.08. The fourth-order valence-electron chi connectivity index (χ4n) is 5.37. The van der Waals surface area contributed by atoms with Gasteiger partial charge in [-0.1, -0.05) is 0 Å². The second kappa shape index (κ2) is 6.73. The smallest absolute Gasteiger partial charge is 0.338 e. The van der Waals surface area contributed by atoms with Gasteiger partial charge >= 0.3 is 11.9 Å². The van der Waals surface area contributed by atoms with E-state index in [1.54, 1.807) is 6.07 Å². The van der Waals surface area contributed by atoms with Crippen LogP contribution in [0.15, 0.2) is 12.1 Å². The number of Topliss-reactive ketones (excluding diaryl/α,β-unsaturated/α-hetero) is 1. The zero-order chi connectivity index (χ0) is 20.3. The van der Waals surface area contributed by atoms with Crippen molar-refractivity contribution in [3.63, 3.8) is 0 Å². The Labute approximate surface area is 168 Å². The molecular weight excluding hydrogens is 378 g/mol. The zero-order valence-corrected chi connectivity index (χ0v) is 16.4. The number of hydrogen-bond acceptors (Lipinski definition) is 8. The Bertz CT molecular complexity index is 897. The number of rotatable bonds is 3. The fraction of sp³-hybridized carbons (Fsp3) is 0.571. The van der Waals surface area contributed by atoms with Gasteiger partial charge in [0.2, 0.25) is 6.79 Å². The van der Waals surface area contributed by atoms with Crippen molar-refractivity contribution in [3.8, 4) is 11.5 Å². The second-order valence-electron chi connectivity index (χ2n) is 8.35. The lowest BCUT2D eigenvalue weighted by molar-refractivity contribution is -0.164. The molecule has 0 radical (unpaired) electrons. The fourth-order valence-corrected chi connectivity index (χ4v) is 5.37. The van der Waals surface area contributed by atoms with Crippen LogP contribution in [0, 0.1) is 5.92 Å². The van der Waals surface area contributed by atoms with Crippen LogP contribution in [0.1, 0.15) is 48.0 Å². The van der Waals surface area contributed by atoms with Crippen LogP contribution in [0.3, 0.4) is 0 Å². The molecule has 0 N–H and O–H groups in total. The summed E-state index contributed by atoms with van der Waals surface area (Å²) in [5.74, 6) is 0.0511. The Morgan fingerprint density at radius 1 is 1.24 bits per heavy atom. The SMILES string of the molecule is CC(=O)CC(=O)OC1CC2CCN(C)C2C2c3cc4c(cc3C(=O)OC12)OCO4. The number of likely N-dealkylation sites (tertiary alicyclic amines) is 1. The van der Waals surface area contributed by atoms with E-state index in [4.69, 9.17) is 18.9 Å². The molecule has 8 nitrogen and oxygen atoms in total. The largest absolute Gasteiger partial charge is 0.458 e. The van der Waals surface area contributed by atoms with Gasteiger partial charge in [0.25, 0.3) is 0 Å². The Hall–Kier alpha value is -2.61. The minimum atomic E-state index is -0.590. The number of ketones is 1. The molecule has 5 rings (SSSR count). The Morgan fingerprint density at radius 2 is 2.00 bits per heavy atom. The first-order valence-electron chi connectivity index (χ1n) is 9.96. The molecule has 5 unspecified atom stereocenters. The highest BCUT2D eigenvalue weighted by atomic mass is 16.7. The summed E-state index contributed by atoms with van der Waals surface area (Å²) in [5, 5.41) is 0. The summed E-state index contributed by atoms with van der Waals surface area (Å²) >= 11 is 0. The van der Waals surface area contributed by atoms with Crippen LogP contribution in [0.25, 0.3) is 0 Å². The average Bonchev–Trinajstić information content (AvgIpc) is 3.26. The van der Waals surface area contributed by atoms with E-state index in [9.17, 15) is 14.4 Å². The molecule has 0 bridgehead atoms. The first kappa shape index (κ1) is 18.4. The van der Waals surface area contributed by atoms with Crippen molar-refractivity contribution in [1.29, 1.82) is 0 Å². The minimum absolute atomic E-state index is 0.124. The van der Waals surface area contributed by atoms with Crippen molar-refractivity contribution in [3.05, 3.63) is 23.3 Å². The van der Waals surface area contributed by atoms with E-state index in [0.717, 1.165) is 18.5 Å². The maximum absolute atomic E-state index is 12.8. The molecule has 4 aliphatic rings. The first-order valence-corrected chi connectivity index (χ1v) is 9.96. The maximum Gasteiger partial charge on any atom is 0.338 e. The summed E-state index contributed by atoms with van der Waals surface area (Å²) in [6.07, 6.45) is 0.173. The molecule has 0 spiro atoms. The third-order valence-electron chi connectivity index (χ3n) is 6.51. The highest BCUT2D eigenvalue weighted by Crippen LogP contribution is 2.51. The highest BCUT2D eigenvalue weighted by Gasteiger charge is 2.55. The van der Waals surface area contributed by atoms with Crippen LogP contribution in [0.2, 0.25) is 0 Å². The highest BCUT2D eigenvalue weighted by molar-refractivity contribution is 5.95. The van der Waals surface area contributed by atoms with Crippen LogP contribution in [0.4, 0.5) is 0 Å². The lowest BCUT2D eigenvalue weighted by Crippen LogP contribution is -2.55. The van der Waals surface area contributed by atoms with Gasteiger partial charge in [-0.25, -0.2) is 4.79 Å². The Balaban J connectivity index is 1.55. The molecule has 0 aromatic heterocycles. The van der Waals surface area contributed by atoms with Gasteiger partial charge in [-0.15, -0.1) is 0 Å². The Morgan fingerprint density at radius 3 is 2.76 bits per heavy atom. The minimum Gasteiger partial charge on any atom is -0.458 e. The predicted molar refractivity (Wildman–Crippen MR) is 98.8 cm³/mol. The van der Waals surface area contributed by atoms with E-state index >= 15 is 0 Å². The van der Waals surface area contributed by atoms with Gasteiger partial charge < -0.3 is 23.8 Å². The normalized spacial score (nSPS) is 32.1. The summed E-state index contributed by atoms with van der Waals surface area (Å²) in [5.41, 5.74) is 1.33. The van der Waals surface area contributed by atoms with Crippen LogP contribution in [0.5, 0.6) is 11.5 Å². The van der Waals surface area contributed by atoms with Crippen LogP contribution in [-0.2, 0) is 19.1 Å². The van der Waals surface area contributed by atoms with Gasteiger partial charge in [0, 0.05) is 12.0 Å². The van der Waals surface area contributed by atoms with Crippen molar-refractivity contribution in [2.75, 3.05) is 20.4 Å². The van der Waals surface area contributed by atoms with E-state index in [1.807, 2.05) is 6.07 Å². The van der Waals surface area contributed by atoms with Crippen molar-refractivity contribution in [1.82, 2.24) is 4.90 Å². The van der Waals surface area contributed by atoms with Crippen molar-refractivity contribution in [2.24, 2.45) is 5.92 Å². The van der Waals surface area contributed by atoms with Gasteiger partial charge in [0.05, 0.1) is 5.56 Å². The van der Waals surface area contributed by atoms with E-state index in [2.05, 4.69) is 11.9 Å². The average molecular weight is 401 g/mol. The number of fused-ring (bicyclic) bond motifs is 6. The standard InChI is InChI=1S/C21H23NO7/c1-10(23)5-17(24)28-16-6-11-3-4-22(2)19(11)18-12-7-14-15(27-9-26-14)8-13(12)21(25)29-20(16)18/h7-8,11,16,18-20H,3-6,9H2,1-2H3. The zero-order valence-electron chi connectivity index (χ0n) is 16.4. The molecule has 1 aromatic rings. The lowest BCUT2D eigenvalue weighted by Gasteiger charge is -2.47. The molecule has 8 heteroatoms. The lowest BCUT2D eigenvalue weighted by atomic mass is 9.69. The second-order valence-corrected chi connectivity index (χ2v) is 8.35. The monoisotopic (exact) mass is 401 g/mol. The van der Waals surface area contributed by atoms with Gasteiger partial charge in [-0.05, 0) is 57.0 Å². The maximum atomic E-state index is 12.8. The number of likely N-dealkylation sites (N-methyl/N-ethyl adjacent to an activating group) is 1. The molecular formula is C21H23NO7. The molecule has 1 aromatic carbocycles. The molecule has 29 heavy (non-hydrogen) atoms. The van der Waals surface area contributed by atoms with Crippen LogP contribution in [-0.4, -0.2) is 61.3 Å². The number of ether oxygens (including phenoxy) is 4.